The molecule has 12 heteroatoms. The lowest BCUT2D eigenvalue weighted by atomic mass is 10.2. The molecular formula is C17H21F3N6O3. The van der Waals surface area contributed by atoms with Crippen LogP contribution in [0.15, 0.2) is 12.3 Å². The average Bonchev–Trinajstić information content (AvgIpc) is 3.26. The summed E-state index contributed by atoms with van der Waals surface area (Å²) in [6, 6.07) is 0.346. The van der Waals surface area contributed by atoms with Crippen molar-refractivity contribution in [1.82, 2.24) is 24.9 Å². The molecule has 0 bridgehead atoms. The summed E-state index contributed by atoms with van der Waals surface area (Å²) >= 11 is 0. The van der Waals surface area contributed by atoms with E-state index in [1.165, 1.54) is 16.3 Å². The van der Waals surface area contributed by atoms with Crippen molar-refractivity contribution in [2.75, 3.05) is 6.54 Å². The van der Waals surface area contributed by atoms with Gasteiger partial charge in [-0.05, 0) is 39.2 Å². The fourth-order valence-electron chi connectivity index (χ4n) is 3.14. The van der Waals surface area contributed by atoms with Gasteiger partial charge in [0.25, 0.3) is 0 Å². The van der Waals surface area contributed by atoms with Crippen molar-refractivity contribution in [2.24, 2.45) is 0 Å². The summed E-state index contributed by atoms with van der Waals surface area (Å²) in [6.07, 6.45) is -1.29. The summed E-state index contributed by atoms with van der Waals surface area (Å²) in [5.41, 5.74) is -0.219. The molecule has 9 nitrogen and oxygen atoms in total. The third kappa shape index (κ3) is 4.57. The molecule has 0 spiro atoms. The van der Waals surface area contributed by atoms with Crippen LogP contribution in [0.4, 0.5) is 18.9 Å². The highest BCUT2D eigenvalue weighted by Crippen LogP contribution is 2.42. The predicted octanol–water partition coefficient (Wildman–Crippen LogP) is 2.96. The number of carbonyl (C=O) groups excluding carboxylic acids is 1. The van der Waals surface area contributed by atoms with Gasteiger partial charge in [-0.1, -0.05) is 0 Å². The molecule has 1 saturated carbocycles. The van der Waals surface area contributed by atoms with Crippen LogP contribution < -0.4 is 5.32 Å². The monoisotopic (exact) mass is 414 g/mol. The first-order valence-corrected chi connectivity index (χ1v) is 9.20. The molecule has 2 aromatic rings. The molecule has 0 radical (unpaired) electrons. The molecule has 29 heavy (non-hydrogen) atoms. The highest BCUT2D eigenvalue weighted by molar-refractivity contribution is 5.79. The SMILES string of the molecule is Cc1c([N+](=O)[O-])cnn1C(C)C(=O)NCCCn1nc(C(F)(F)F)cc1C1CC1. The van der Waals surface area contributed by atoms with Gasteiger partial charge in [-0.15, -0.1) is 0 Å². The van der Waals surface area contributed by atoms with E-state index < -0.39 is 22.8 Å². The van der Waals surface area contributed by atoms with Gasteiger partial charge in [0.05, 0.1) is 4.92 Å². The Labute approximate surface area is 164 Å². The lowest BCUT2D eigenvalue weighted by molar-refractivity contribution is -0.385. The first kappa shape index (κ1) is 20.8. The van der Waals surface area contributed by atoms with Crippen LogP contribution in [0.5, 0.6) is 0 Å². The van der Waals surface area contributed by atoms with Gasteiger partial charge in [-0.3, -0.25) is 24.3 Å². The number of nitrogens with one attached hydrogen (secondary N) is 1. The van der Waals surface area contributed by atoms with Gasteiger partial charge in [0.2, 0.25) is 5.91 Å². The molecule has 3 rings (SSSR count). The molecular weight excluding hydrogens is 393 g/mol. The van der Waals surface area contributed by atoms with Crippen molar-refractivity contribution in [3.8, 4) is 0 Å². The minimum atomic E-state index is -4.48. The van der Waals surface area contributed by atoms with E-state index in [-0.39, 0.29) is 36.3 Å². The molecule has 0 saturated heterocycles. The van der Waals surface area contributed by atoms with Gasteiger partial charge in [0, 0.05) is 24.7 Å². The largest absolute Gasteiger partial charge is 0.435 e. The van der Waals surface area contributed by atoms with E-state index in [9.17, 15) is 28.1 Å². The smallest absolute Gasteiger partial charge is 0.354 e. The minimum Gasteiger partial charge on any atom is -0.354 e. The molecule has 1 amide bonds. The quantitative estimate of drug-likeness (QED) is 0.406. The van der Waals surface area contributed by atoms with Crippen LogP contribution in [0.2, 0.25) is 0 Å². The van der Waals surface area contributed by atoms with Gasteiger partial charge in [0.1, 0.15) is 17.9 Å². The molecule has 1 N–H and O–H groups in total. The number of amides is 1. The molecule has 158 valence electrons. The molecule has 1 fully saturated rings. The number of carbonyl (C=O) groups is 1. The van der Waals surface area contributed by atoms with Gasteiger partial charge in [-0.25, -0.2) is 0 Å². The number of aromatic nitrogens is 4. The second kappa shape index (κ2) is 7.84. The van der Waals surface area contributed by atoms with Crippen molar-refractivity contribution < 1.29 is 22.9 Å². The molecule has 0 aliphatic heterocycles. The minimum absolute atomic E-state index is 0.117. The number of nitro groups is 1. The Hall–Kier alpha value is -2.92. The van der Waals surface area contributed by atoms with Crippen LogP contribution in [0.25, 0.3) is 0 Å². The zero-order valence-electron chi connectivity index (χ0n) is 15.9. The molecule has 1 aliphatic carbocycles. The summed E-state index contributed by atoms with van der Waals surface area (Å²) in [5, 5.41) is 21.1. The van der Waals surface area contributed by atoms with E-state index in [4.69, 9.17) is 0 Å². The normalized spacial score (nSPS) is 15.3. The Morgan fingerprint density at radius 1 is 1.45 bits per heavy atom. The number of rotatable bonds is 8. The van der Waals surface area contributed by atoms with E-state index in [1.807, 2.05) is 0 Å². The molecule has 0 aromatic carbocycles. The summed E-state index contributed by atoms with van der Waals surface area (Å²) in [5.74, 6) is -0.267. The highest BCUT2D eigenvalue weighted by Gasteiger charge is 2.37. The van der Waals surface area contributed by atoms with Gasteiger partial charge >= 0.3 is 11.9 Å². The van der Waals surface area contributed by atoms with Crippen molar-refractivity contribution in [2.45, 2.75) is 57.8 Å². The van der Waals surface area contributed by atoms with Crippen LogP contribution in [0, 0.1) is 17.0 Å². The fraction of sp³-hybridized carbons (Fsp3) is 0.588. The maximum atomic E-state index is 12.9. The Kier molecular flexibility index (Phi) is 5.62. The summed E-state index contributed by atoms with van der Waals surface area (Å²) in [7, 11) is 0. The predicted molar refractivity (Wildman–Crippen MR) is 95.2 cm³/mol. The van der Waals surface area contributed by atoms with E-state index in [1.54, 1.807) is 6.92 Å². The van der Waals surface area contributed by atoms with E-state index in [0.29, 0.717) is 12.1 Å². The Morgan fingerprint density at radius 3 is 2.69 bits per heavy atom. The first-order valence-electron chi connectivity index (χ1n) is 9.20. The average molecular weight is 414 g/mol. The van der Waals surface area contributed by atoms with Crippen LogP contribution in [-0.4, -0.2) is 36.9 Å². The van der Waals surface area contributed by atoms with Crippen molar-refractivity contribution in [3.05, 3.63) is 39.5 Å². The summed E-state index contributed by atoms with van der Waals surface area (Å²) in [6.45, 7) is 3.55. The highest BCUT2D eigenvalue weighted by atomic mass is 19.4. The number of halogens is 3. The first-order chi connectivity index (χ1) is 13.6. The topological polar surface area (TPSA) is 108 Å². The second-order valence-electron chi connectivity index (χ2n) is 7.09. The van der Waals surface area contributed by atoms with Crippen LogP contribution in [0.1, 0.15) is 55.2 Å². The summed E-state index contributed by atoms with van der Waals surface area (Å²) < 4.78 is 41.4. The maximum Gasteiger partial charge on any atom is 0.435 e. The van der Waals surface area contributed by atoms with Crippen molar-refractivity contribution in [3.63, 3.8) is 0 Å². The van der Waals surface area contributed by atoms with E-state index >= 15 is 0 Å². The molecule has 2 aromatic heterocycles. The number of alkyl halides is 3. The Morgan fingerprint density at radius 2 is 2.14 bits per heavy atom. The second-order valence-corrected chi connectivity index (χ2v) is 7.09. The van der Waals surface area contributed by atoms with E-state index in [2.05, 4.69) is 15.5 Å². The standard InChI is InChI=1S/C17H21F3N6O3/c1-10-14(26(28)29)9-22-25(10)11(2)16(27)21-6-3-7-24-13(12-4-5-12)8-15(23-24)17(18,19)20/h8-9,11-12H,3-7H2,1-2H3,(H,21,27). The zero-order chi connectivity index (χ0) is 21.3. The third-order valence-corrected chi connectivity index (χ3v) is 4.90. The molecule has 1 unspecified atom stereocenters. The maximum absolute atomic E-state index is 12.9. The van der Waals surface area contributed by atoms with Gasteiger partial charge in [0.15, 0.2) is 5.69 Å². The fourth-order valence-corrected chi connectivity index (χ4v) is 3.14. The molecule has 1 atom stereocenters. The lowest BCUT2D eigenvalue weighted by Crippen LogP contribution is -2.33. The van der Waals surface area contributed by atoms with Crippen molar-refractivity contribution in [1.29, 1.82) is 0 Å². The van der Waals surface area contributed by atoms with Crippen LogP contribution >= 0.6 is 0 Å². The van der Waals surface area contributed by atoms with Crippen LogP contribution in [-0.2, 0) is 17.5 Å². The van der Waals surface area contributed by atoms with Gasteiger partial charge in [-0.2, -0.15) is 23.4 Å². The van der Waals surface area contributed by atoms with Crippen LogP contribution in [0.3, 0.4) is 0 Å². The Bertz CT molecular complexity index is 916. The zero-order valence-corrected chi connectivity index (χ0v) is 15.9. The van der Waals surface area contributed by atoms with Gasteiger partial charge < -0.3 is 5.32 Å². The third-order valence-electron chi connectivity index (χ3n) is 4.90. The molecule has 1 aliphatic rings. The van der Waals surface area contributed by atoms with Crippen molar-refractivity contribution >= 4 is 11.6 Å². The lowest BCUT2D eigenvalue weighted by Gasteiger charge is -2.14. The number of aryl methyl sites for hydroxylation is 1. The molecule has 2 heterocycles. The van der Waals surface area contributed by atoms with E-state index in [0.717, 1.165) is 25.1 Å². The number of hydrogen-bond acceptors (Lipinski definition) is 5. The Balaban J connectivity index is 1.55. The summed E-state index contributed by atoms with van der Waals surface area (Å²) in [4.78, 5) is 22.6. The number of nitrogens with zero attached hydrogens (tertiary/aromatic N) is 5. The number of hydrogen-bond donors (Lipinski definition) is 1.